The largest absolute Gasteiger partial charge is 0.480 e. The summed E-state index contributed by atoms with van der Waals surface area (Å²) in [7, 11) is 0. The Balaban J connectivity index is 1.67. The minimum atomic E-state index is -0.702. The van der Waals surface area contributed by atoms with Crippen molar-refractivity contribution in [1.82, 2.24) is 10.2 Å². The molecule has 2 saturated carbocycles. The molecule has 2 rings (SSSR count). The summed E-state index contributed by atoms with van der Waals surface area (Å²) >= 11 is 0. The first kappa shape index (κ1) is 15.7. The third-order valence-electron chi connectivity index (χ3n) is 4.25. The van der Waals surface area contributed by atoms with Crippen LogP contribution in [0.2, 0.25) is 0 Å². The molecule has 0 aromatic carbocycles. The molecular weight excluding hydrogens is 256 g/mol. The predicted octanol–water partition coefficient (Wildman–Crippen LogP) is 1.33. The highest BCUT2D eigenvalue weighted by Crippen LogP contribution is 2.33. The predicted molar refractivity (Wildman–Crippen MR) is 77.8 cm³/mol. The topological polar surface area (TPSA) is 61.8 Å². The zero-order chi connectivity index (χ0) is 14.5. The van der Waals surface area contributed by atoms with E-state index in [1.807, 2.05) is 6.92 Å². The van der Waals surface area contributed by atoms with Crippen molar-refractivity contribution in [2.24, 2.45) is 5.92 Å². The summed E-state index contributed by atoms with van der Waals surface area (Å²) in [6, 6.07) is 1.34. The van der Waals surface area contributed by atoms with E-state index < -0.39 is 5.97 Å². The minimum Gasteiger partial charge on any atom is -0.480 e. The van der Waals surface area contributed by atoms with Crippen molar-refractivity contribution < 1.29 is 14.6 Å². The molecule has 0 heterocycles. The highest BCUT2D eigenvalue weighted by Gasteiger charge is 2.37. The van der Waals surface area contributed by atoms with Gasteiger partial charge in [0.1, 0.15) is 0 Å². The first-order valence-electron chi connectivity index (χ1n) is 7.88. The maximum atomic E-state index is 11.0. The van der Waals surface area contributed by atoms with E-state index in [0.29, 0.717) is 18.1 Å². The molecule has 0 aliphatic heterocycles. The number of nitrogens with one attached hydrogen (secondary N) is 1. The molecule has 0 amide bonds. The van der Waals surface area contributed by atoms with Crippen molar-refractivity contribution in [3.8, 4) is 0 Å². The number of rotatable bonds is 10. The lowest BCUT2D eigenvalue weighted by atomic mass is 9.84. The lowest BCUT2D eigenvalue weighted by Crippen LogP contribution is -2.56. The van der Waals surface area contributed by atoms with Crippen LogP contribution in [0.4, 0.5) is 0 Å². The van der Waals surface area contributed by atoms with Gasteiger partial charge in [0.05, 0.1) is 13.2 Å². The summed E-state index contributed by atoms with van der Waals surface area (Å²) in [6.45, 7) is 6.82. The highest BCUT2D eigenvalue weighted by molar-refractivity contribution is 5.69. The molecule has 2 aliphatic rings. The highest BCUT2D eigenvalue weighted by atomic mass is 16.5. The van der Waals surface area contributed by atoms with Gasteiger partial charge in [0.25, 0.3) is 0 Å². The van der Waals surface area contributed by atoms with Crippen molar-refractivity contribution in [2.45, 2.75) is 57.7 Å². The standard InChI is InChI=1S/C15H28N2O3/c1-3-20-10-11(2)16-13-6-14(7-13)17(9-15(18)19)8-12-4-5-12/h11-14,16H,3-10H2,1-2H3,(H,18,19). The summed E-state index contributed by atoms with van der Waals surface area (Å²) in [4.78, 5) is 13.1. The van der Waals surface area contributed by atoms with Crippen molar-refractivity contribution in [2.75, 3.05) is 26.3 Å². The maximum Gasteiger partial charge on any atom is 0.317 e. The lowest BCUT2D eigenvalue weighted by Gasteiger charge is -2.44. The first-order chi connectivity index (χ1) is 9.58. The smallest absolute Gasteiger partial charge is 0.317 e. The Morgan fingerprint density at radius 3 is 2.70 bits per heavy atom. The van der Waals surface area contributed by atoms with Gasteiger partial charge in [-0.05, 0) is 45.4 Å². The summed E-state index contributed by atoms with van der Waals surface area (Å²) in [5.74, 6) is 0.0463. The minimum absolute atomic E-state index is 0.197. The number of carbonyl (C=O) groups is 1. The molecule has 0 spiro atoms. The van der Waals surface area contributed by atoms with E-state index in [4.69, 9.17) is 9.84 Å². The number of hydrogen-bond donors (Lipinski definition) is 2. The van der Waals surface area contributed by atoms with Crippen LogP contribution >= 0.6 is 0 Å². The summed E-state index contributed by atoms with van der Waals surface area (Å²) in [6.07, 6.45) is 4.68. The van der Waals surface area contributed by atoms with Crippen LogP contribution in [0.3, 0.4) is 0 Å². The molecule has 20 heavy (non-hydrogen) atoms. The van der Waals surface area contributed by atoms with Crippen molar-refractivity contribution in [1.29, 1.82) is 0 Å². The quantitative estimate of drug-likeness (QED) is 0.634. The number of carboxylic acid groups (broad SMARTS) is 1. The Kier molecular flexibility index (Phi) is 5.81. The normalized spacial score (nSPS) is 27.4. The average molecular weight is 284 g/mol. The third kappa shape index (κ3) is 5.04. The fourth-order valence-electron chi connectivity index (χ4n) is 2.92. The van der Waals surface area contributed by atoms with Gasteiger partial charge in [-0.3, -0.25) is 9.69 Å². The van der Waals surface area contributed by atoms with E-state index in [-0.39, 0.29) is 6.54 Å². The molecular formula is C15H28N2O3. The Hall–Kier alpha value is -0.650. The molecule has 1 atom stereocenters. The number of ether oxygens (including phenoxy) is 1. The zero-order valence-corrected chi connectivity index (χ0v) is 12.7. The Labute approximate surface area is 121 Å². The molecule has 5 heteroatoms. The van der Waals surface area contributed by atoms with Gasteiger partial charge in [-0.25, -0.2) is 0 Å². The molecule has 1 unspecified atom stereocenters. The van der Waals surface area contributed by atoms with Gasteiger partial charge in [-0.15, -0.1) is 0 Å². The summed E-state index contributed by atoms with van der Waals surface area (Å²) < 4.78 is 5.40. The molecule has 2 N–H and O–H groups in total. The number of hydrogen-bond acceptors (Lipinski definition) is 4. The van der Waals surface area contributed by atoms with Crippen LogP contribution in [-0.4, -0.2) is 60.4 Å². The van der Waals surface area contributed by atoms with Gasteiger partial charge < -0.3 is 15.2 Å². The molecule has 0 aromatic heterocycles. The second-order valence-electron chi connectivity index (χ2n) is 6.32. The van der Waals surface area contributed by atoms with Crippen molar-refractivity contribution >= 4 is 5.97 Å². The Bertz CT molecular complexity index is 314. The summed E-state index contributed by atoms with van der Waals surface area (Å²) in [5.41, 5.74) is 0. The van der Waals surface area contributed by atoms with Gasteiger partial charge in [-0.2, -0.15) is 0 Å². The van der Waals surface area contributed by atoms with Gasteiger partial charge in [0.2, 0.25) is 0 Å². The fourth-order valence-corrected chi connectivity index (χ4v) is 2.92. The van der Waals surface area contributed by atoms with E-state index in [0.717, 1.165) is 38.5 Å². The van der Waals surface area contributed by atoms with E-state index in [1.54, 1.807) is 0 Å². The molecule has 2 aliphatic carbocycles. The van der Waals surface area contributed by atoms with Crippen molar-refractivity contribution in [3.05, 3.63) is 0 Å². The molecule has 5 nitrogen and oxygen atoms in total. The van der Waals surface area contributed by atoms with Crippen LogP contribution < -0.4 is 5.32 Å². The molecule has 0 saturated heterocycles. The number of carboxylic acids is 1. The van der Waals surface area contributed by atoms with E-state index in [2.05, 4.69) is 17.1 Å². The third-order valence-corrected chi connectivity index (χ3v) is 4.25. The lowest BCUT2D eigenvalue weighted by molar-refractivity contribution is -0.139. The van der Waals surface area contributed by atoms with Crippen LogP contribution in [0.5, 0.6) is 0 Å². The van der Waals surface area contributed by atoms with Crippen LogP contribution in [-0.2, 0) is 9.53 Å². The SMILES string of the molecule is CCOCC(C)NC1CC(N(CC(=O)O)CC2CC2)C1. The molecule has 0 aromatic rings. The molecule has 2 fully saturated rings. The van der Waals surface area contributed by atoms with E-state index >= 15 is 0 Å². The molecule has 116 valence electrons. The average Bonchev–Trinajstić information content (AvgIpc) is 3.13. The van der Waals surface area contributed by atoms with Gasteiger partial charge in [0, 0.05) is 31.3 Å². The fraction of sp³-hybridized carbons (Fsp3) is 0.933. The molecule has 0 radical (unpaired) electrons. The Morgan fingerprint density at radius 1 is 1.45 bits per heavy atom. The summed E-state index contributed by atoms with van der Waals surface area (Å²) in [5, 5.41) is 12.6. The maximum absolute atomic E-state index is 11.0. The Morgan fingerprint density at radius 2 is 2.15 bits per heavy atom. The number of aliphatic carboxylic acids is 1. The zero-order valence-electron chi connectivity index (χ0n) is 12.7. The van der Waals surface area contributed by atoms with Crippen LogP contribution in [0.1, 0.15) is 39.5 Å². The van der Waals surface area contributed by atoms with Crippen LogP contribution in [0.25, 0.3) is 0 Å². The monoisotopic (exact) mass is 284 g/mol. The first-order valence-corrected chi connectivity index (χ1v) is 7.88. The van der Waals surface area contributed by atoms with Crippen molar-refractivity contribution in [3.63, 3.8) is 0 Å². The van der Waals surface area contributed by atoms with E-state index in [9.17, 15) is 4.79 Å². The van der Waals surface area contributed by atoms with Crippen LogP contribution in [0.15, 0.2) is 0 Å². The second-order valence-corrected chi connectivity index (χ2v) is 6.32. The molecule has 0 bridgehead atoms. The van der Waals surface area contributed by atoms with Gasteiger partial charge >= 0.3 is 5.97 Å². The van der Waals surface area contributed by atoms with Gasteiger partial charge in [-0.1, -0.05) is 0 Å². The van der Waals surface area contributed by atoms with Crippen LogP contribution in [0, 0.1) is 5.92 Å². The number of nitrogens with zero attached hydrogens (tertiary/aromatic N) is 1. The second kappa shape index (κ2) is 7.38. The van der Waals surface area contributed by atoms with Gasteiger partial charge in [0.15, 0.2) is 0 Å². The van der Waals surface area contributed by atoms with E-state index in [1.165, 1.54) is 12.8 Å².